The minimum Gasteiger partial charge on any atom is -0.473 e. The Kier molecular flexibility index (Phi) is 12.6. The van der Waals surface area contributed by atoms with E-state index < -0.39 is 23.9 Å². The first kappa shape index (κ1) is 32.4. The maximum Gasteiger partial charge on any atom is 0.414 e. The van der Waals surface area contributed by atoms with E-state index >= 15 is 0 Å². The monoisotopic (exact) mass is 585 g/mol. The summed E-state index contributed by atoms with van der Waals surface area (Å²) in [6.07, 6.45) is 15.6. The molecule has 3 heterocycles. The van der Waals surface area contributed by atoms with Crippen LogP contribution in [0, 0.1) is 0 Å². The van der Waals surface area contributed by atoms with Crippen LogP contribution in [0.2, 0.25) is 0 Å². The number of carboxylic acid groups (broad SMARTS) is 4. The smallest absolute Gasteiger partial charge is 0.414 e. The van der Waals surface area contributed by atoms with E-state index in [2.05, 4.69) is 50.9 Å². The summed E-state index contributed by atoms with van der Waals surface area (Å²) in [5.41, 5.74) is 3.77. The van der Waals surface area contributed by atoms with Crippen LogP contribution < -0.4 is 0 Å². The number of hydrogen-bond acceptors (Lipinski definition) is 7. The van der Waals surface area contributed by atoms with Crippen molar-refractivity contribution in [3.8, 4) is 11.1 Å². The summed E-state index contributed by atoms with van der Waals surface area (Å²) >= 11 is 0. The Morgan fingerprint density at radius 3 is 1.93 bits per heavy atom. The molecule has 42 heavy (non-hydrogen) atoms. The molecule has 1 saturated carbocycles. The Labute approximate surface area is 243 Å². The molecule has 3 aromatic rings. The lowest BCUT2D eigenvalue weighted by molar-refractivity contribution is -0.159. The van der Waals surface area contributed by atoms with Crippen LogP contribution in [0.25, 0.3) is 22.0 Å². The van der Waals surface area contributed by atoms with E-state index in [1.807, 2.05) is 6.26 Å². The number of fused-ring (bicyclic) bond motifs is 1. The predicted molar refractivity (Wildman–Crippen MR) is 154 cm³/mol. The molecule has 12 heteroatoms. The standard InChI is InChI=1S/C26H35N3O.2C2H2O4/c1-2-8-23(9-3-1)28-17-15-27(16-18-28)13-6-7-14-29-20-25(22-12-19-30-21-22)24-10-4-5-11-26(24)29;2*3-1(4)2(5)6/h4-5,10-12,19-21,23H,1-3,6-9,13-18H2;2*(H,3,4)(H,5,6). The summed E-state index contributed by atoms with van der Waals surface area (Å²) in [4.78, 5) is 41.9. The molecule has 228 valence electrons. The van der Waals surface area contributed by atoms with Crippen LogP contribution in [0.1, 0.15) is 44.9 Å². The van der Waals surface area contributed by atoms with Gasteiger partial charge in [0, 0.05) is 67.0 Å². The van der Waals surface area contributed by atoms with Gasteiger partial charge in [0.2, 0.25) is 0 Å². The molecule has 0 spiro atoms. The van der Waals surface area contributed by atoms with Gasteiger partial charge in [0.15, 0.2) is 0 Å². The first-order chi connectivity index (χ1) is 20.2. The second-order valence-electron chi connectivity index (χ2n) is 10.4. The molecular weight excluding hydrogens is 546 g/mol. The maximum absolute atomic E-state index is 9.10. The van der Waals surface area contributed by atoms with Gasteiger partial charge in [-0.2, -0.15) is 0 Å². The number of unbranched alkanes of at least 4 members (excludes halogenated alkanes) is 1. The van der Waals surface area contributed by atoms with E-state index in [1.165, 1.54) is 99.7 Å². The highest BCUT2D eigenvalue weighted by atomic mass is 16.4. The van der Waals surface area contributed by atoms with Crippen molar-refractivity contribution in [3.05, 3.63) is 49.1 Å². The molecule has 0 bridgehead atoms. The van der Waals surface area contributed by atoms with Crippen LogP contribution in [0.3, 0.4) is 0 Å². The zero-order valence-electron chi connectivity index (χ0n) is 23.6. The van der Waals surface area contributed by atoms with Gasteiger partial charge in [-0.15, -0.1) is 0 Å². The number of aliphatic carboxylic acids is 4. The van der Waals surface area contributed by atoms with E-state index in [0.29, 0.717) is 0 Å². The number of hydrogen-bond donors (Lipinski definition) is 4. The Hall–Kier alpha value is -4.16. The zero-order chi connectivity index (χ0) is 30.5. The van der Waals surface area contributed by atoms with E-state index in [9.17, 15) is 0 Å². The summed E-state index contributed by atoms with van der Waals surface area (Å²) in [6, 6.07) is 11.7. The number of furan rings is 1. The lowest BCUT2D eigenvalue weighted by Crippen LogP contribution is -2.50. The average molecular weight is 586 g/mol. The number of benzene rings is 1. The van der Waals surface area contributed by atoms with Gasteiger partial charge < -0.3 is 34.3 Å². The van der Waals surface area contributed by atoms with Gasteiger partial charge in [-0.25, -0.2) is 19.2 Å². The van der Waals surface area contributed by atoms with E-state index in [1.54, 1.807) is 6.26 Å². The minimum absolute atomic E-state index is 0.882. The van der Waals surface area contributed by atoms with Crippen LogP contribution in [0.5, 0.6) is 0 Å². The van der Waals surface area contributed by atoms with Gasteiger partial charge in [-0.05, 0) is 44.4 Å². The third-order valence-corrected chi connectivity index (χ3v) is 7.61. The summed E-state index contributed by atoms with van der Waals surface area (Å²) in [6.45, 7) is 7.40. The van der Waals surface area contributed by atoms with Gasteiger partial charge >= 0.3 is 23.9 Å². The third kappa shape index (κ3) is 9.74. The Morgan fingerprint density at radius 2 is 1.36 bits per heavy atom. The molecule has 1 aromatic carbocycles. The molecule has 1 saturated heterocycles. The highest BCUT2D eigenvalue weighted by Crippen LogP contribution is 2.31. The molecule has 0 amide bonds. The predicted octanol–water partition coefficient (Wildman–Crippen LogP) is 3.94. The number of piperazine rings is 1. The highest BCUT2D eigenvalue weighted by Gasteiger charge is 2.24. The van der Waals surface area contributed by atoms with E-state index in [0.717, 1.165) is 12.6 Å². The van der Waals surface area contributed by atoms with Crippen molar-refractivity contribution in [1.82, 2.24) is 14.4 Å². The summed E-state index contributed by atoms with van der Waals surface area (Å²) < 4.78 is 7.75. The molecule has 12 nitrogen and oxygen atoms in total. The van der Waals surface area contributed by atoms with Crippen molar-refractivity contribution in [2.24, 2.45) is 0 Å². The fourth-order valence-corrected chi connectivity index (χ4v) is 5.50. The number of rotatable bonds is 7. The molecule has 4 N–H and O–H groups in total. The summed E-state index contributed by atoms with van der Waals surface area (Å²) in [5.74, 6) is -7.30. The molecule has 2 aliphatic rings. The fraction of sp³-hybridized carbons (Fsp3) is 0.467. The summed E-state index contributed by atoms with van der Waals surface area (Å²) in [5, 5.41) is 30.9. The SMILES string of the molecule is O=C(O)C(=O)O.O=C(O)C(=O)O.c1ccc2c(c1)c(-c1ccoc1)cn2CCCCN1CCN(C2CCCCC2)CC1. The van der Waals surface area contributed by atoms with Crippen LogP contribution >= 0.6 is 0 Å². The van der Waals surface area contributed by atoms with Crippen molar-refractivity contribution in [1.29, 1.82) is 0 Å². The lowest BCUT2D eigenvalue weighted by Gasteiger charge is -2.40. The second kappa shape index (κ2) is 16.3. The van der Waals surface area contributed by atoms with Crippen molar-refractivity contribution in [2.75, 3.05) is 32.7 Å². The topological polar surface area (TPSA) is 174 Å². The quantitative estimate of drug-likeness (QED) is 0.234. The summed E-state index contributed by atoms with van der Waals surface area (Å²) in [7, 11) is 0. The molecule has 0 atom stereocenters. The van der Waals surface area contributed by atoms with Crippen molar-refractivity contribution >= 4 is 34.8 Å². The van der Waals surface area contributed by atoms with E-state index in [4.69, 9.17) is 44.0 Å². The van der Waals surface area contributed by atoms with Gasteiger partial charge in [0.05, 0.1) is 12.5 Å². The maximum atomic E-state index is 9.10. The van der Waals surface area contributed by atoms with Crippen LogP contribution in [0.4, 0.5) is 0 Å². The molecule has 2 aromatic heterocycles. The number of carbonyl (C=O) groups is 4. The van der Waals surface area contributed by atoms with Crippen molar-refractivity contribution < 1.29 is 44.0 Å². The minimum atomic E-state index is -1.82. The normalized spacial score (nSPS) is 16.1. The Bertz CT molecular complexity index is 1260. The molecule has 2 fully saturated rings. The third-order valence-electron chi connectivity index (χ3n) is 7.61. The average Bonchev–Trinajstić information content (AvgIpc) is 3.65. The van der Waals surface area contributed by atoms with Gasteiger partial charge in [0.25, 0.3) is 0 Å². The van der Waals surface area contributed by atoms with E-state index in [-0.39, 0.29) is 0 Å². The van der Waals surface area contributed by atoms with Gasteiger partial charge in [0.1, 0.15) is 0 Å². The zero-order valence-corrected chi connectivity index (χ0v) is 23.6. The van der Waals surface area contributed by atoms with Crippen molar-refractivity contribution in [2.45, 2.75) is 57.5 Å². The molecule has 5 rings (SSSR count). The number of para-hydroxylation sites is 1. The van der Waals surface area contributed by atoms with Gasteiger partial charge in [-0.1, -0.05) is 37.5 Å². The second-order valence-corrected chi connectivity index (χ2v) is 10.4. The van der Waals surface area contributed by atoms with Crippen LogP contribution in [-0.4, -0.2) is 97.4 Å². The van der Waals surface area contributed by atoms with Crippen molar-refractivity contribution in [3.63, 3.8) is 0 Å². The Morgan fingerprint density at radius 1 is 0.762 bits per heavy atom. The largest absolute Gasteiger partial charge is 0.473 e. The molecule has 0 unspecified atom stereocenters. The molecular formula is C30H39N3O9. The molecule has 1 aliphatic carbocycles. The van der Waals surface area contributed by atoms with Crippen LogP contribution in [-0.2, 0) is 25.7 Å². The van der Waals surface area contributed by atoms with Crippen LogP contribution in [0.15, 0.2) is 53.5 Å². The van der Waals surface area contributed by atoms with Gasteiger partial charge in [-0.3, -0.25) is 4.90 Å². The highest BCUT2D eigenvalue weighted by molar-refractivity contribution is 6.27. The molecule has 0 radical (unpaired) electrons. The number of aromatic nitrogens is 1. The Balaban J connectivity index is 0.000000342. The number of aryl methyl sites for hydroxylation is 1. The first-order valence-electron chi connectivity index (χ1n) is 14.2. The molecule has 1 aliphatic heterocycles. The fourth-order valence-electron chi connectivity index (χ4n) is 5.50. The lowest BCUT2D eigenvalue weighted by atomic mass is 9.94. The number of nitrogens with zero attached hydrogens (tertiary/aromatic N) is 3. The number of carboxylic acids is 4. The first-order valence-corrected chi connectivity index (χ1v) is 14.2.